The van der Waals surface area contributed by atoms with Gasteiger partial charge in [0.15, 0.2) is 5.82 Å². The third-order valence-electron chi connectivity index (χ3n) is 2.73. The summed E-state index contributed by atoms with van der Waals surface area (Å²) in [5.74, 6) is 2.00. The molecular weight excluding hydrogens is 262 g/mol. The van der Waals surface area contributed by atoms with Gasteiger partial charge in [0.05, 0.1) is 6.54 Å². The lowest BCUT2D eigenvalue weighted by Crippen LogP contribution is -2.40. The fourth-order valence-corrected chi connectivity index (χ4v) is 1.65. The van der Waals surface area contributed by atoms with Crippen molar-refractivity contribution >= 4 is 11.8 Å². The Morgan fingerprint density at radius 2 is 2.15 bits per heavy atom. The summed E-state index contributed by atoms with van der Waals surface area (Å²) < 4.78 is 10.2. The largest absolute Gasteiger partial charge is 0.463 e. The molecule has 0 spiro atoms. The van der Waals surface area contributed by atoms with Crippen molar-refractivity contribution in [3.8, 4) is 0 Å². The first-order chi connectivity index (χ1) is 9.37. The molecule has 0 aliphatic heterocycles. The number of nitrogens with one attached hydrogen (secondary N) is 2. The van der Waals surface area contributed by atoms with E-state index < -0.39 is 11.6 Å². The number of carbonyl (C=O) groups is 1. The molecule has 20 heavy (non-hydrogen) atoms. The number of amides is 2. The standard InChI is InChI=1S/C13H17N3O4/c1-8-4-5-10(19-8)13(3,18)7-14-12(17)15-11-6-9(2)20-16-11/h4-6,18H,7H2,1-3H3,(H2,14,15,16,17). The van der Waals surface area contributed by atoms with Gasteiger partial charge in [0.25, 0.3) is 0 Å². The van der Waals surface area contributed by atoms with E-state index >= 15 is 0 Å². The third-order valence-corrected chi connectivity index (χ3v) is 2.73. The zero-order chi connectivity index (χ0) is 14.8. The normalized spacial score (nSPS) is 13.8. The van der Waals surface area contributed by atoms with E-state index in [-0.39, 0.29) is 6.54 Å². The van der Waals surface area contributed by atoms with Crippen LogP contribution in [0.15, 0.2) is 27.1 Å². The molecule has 3 N–H and O–H groups in total. The average Bonchev–Trinajstić information content (AvgIpc) is 2.96. The van der Waals surface area contributed by atoms with Crippen LogP contribution in [0.2, 0.25) is 0 Å². The first-order valence-electron chi connectivity index (χ1n) is 6.14. The molecule has 0 aliphatic carbocycles. The van der Waals surface area contributed by atoms with Crippen LogP contribution in [0, 0.1) is 13.8 Å². The highest BCUT2D eigenvalue weighted by Crippen LogP contribution is 2.21. The lowest BCUT2D eigenvalue weighted by atomic mass is 10.0. The zero-order valence-corrected chi connectivity index (χ0v) is 11.6. The monoisotopic (exact) mass is 279 g/mol. The maximum absolute atomic E-state index is 11.7. The SMILES string of the molecule is Cc1cc(NC(=O)NCC(C)(O)c2ccc(C)o2)no1. The number of nitrogens with zero attached hydrogens (tertiary/aromatic N) is 1. The van der Waals surface area contributed by atoms with Crippen LogP contribution in [0.25, 0.3) is 0 Å². The van der Waals surface area contributed by atoms with Gasteiger partial charge in [-0.2, -0.15) is 0 Å². The Balaban J connectivity index is 1.89. The number of aryl methyl sites for hydroxylation is 2. The highest BCUT2D eigenvalue weighted by Gasteiger charge is 2.27. The second kappa shape index (κ2) is 5.38. The van der Waals surface area contributed by atoms with Crippen LogP contribution in [0.4, 0.5) is 10.6 Å². The van der Waals surface area contributed by atoms with E-state index in [4.69, 9.17) is 8.94 Å². The minimum absolute atomic E-state index is 0.00260. The van der Waals surface area contributed by atoms with E-state index in [1.54, 1.807) is 39.0 Å². The first-order valence-corrected chi connectivity index (χ1v) is 6.14. The third kappa shape index (κ3) is 3.39. The molecule has 0 radical (unpaired) electrons. The van der Waals surface area contributed by atoms with Crippen molar-refractivity contribution in [2.45, 2.75) is 26.4 Å². The Labute approximate surface area is 115 Å². The number of aromatic nitrogens is 1. The van der Waals surface area contributed by atoms with Gasteiger partial charge in [0, 0.05) is 6.07 Å². The number of aliphatic hydroxyl groups is 1. The first kappa shape index (κ1) is 14.1. The average molecular weight is 279 g/mol. The summed E-state index contributed by atoms with van der Waals surface area (Å²) in [5, 5.41) is 18.9. The van der Waals surface area contributed by atoms with Crippen LogP contribution in [-0.2, 0) is 5.60 Å². The zero-order valence-electron chi connectivity index (χ0n) is 11.6. The Hall–Kier alpha value is -2.28. The summed E-state index contributed by atoms with van der Waals surface area (Å²) in [6.07, 6.45) is 0. The van der Waals surface area contributed by atoms with Gasteiger partial charge in [-0.3, -0.25) is 5.32 Å². The van der Waals surface area contributed by atoms with Crippen molar-refractivity contribution in [1.29, 1.82) is 0 Å². The molecule has 0 saturated heterocycles. The molecule has 2 amide bonds. The molecule has 1 atom stereocenters. The maximum Gasteiger partial charge on any atom is 0.320 e. The minimum atomic E-state index is -1.29. The van der Waals surface area contributed by atoms with E-state index in [1.165, 1.54) is 0 Å². The molecule has 7 nitrogen and oxygen atoms in total. The number of anilines is 1. The molecule has 108 valence electrons. The lowest BCUT2D eigenvalue weighted by molar-refractivity contribution is 0.0364. The van der Waals surface area contributed by atoms with Gasteiger partial charge in [0.1, 0.15) is 22.9 Å². The molecule has 0 saturated carbocycles. The number of hydrogen-bond acceptors (Lipinski definition) is 5. The van der Waals surface area contributed by atoms with Crippen molar-refractivity contribution in [2.24, 2.45) is 0 Å². The van der Waals surface area contributed by atoms with E-state index in [0.717, 1.165) is 0 Å². The van der Waals surface area contributed by atoms with Crippen LogP contribution in [0.5, 0.6) is 0 Å². The highest BCUT2D eigenvalue weighted by molar-refractivity contribution is 5.88. The molecule has 0 aliphatic rings. The van der Waals surface area contributed by atoms with E-state index in [9.17, 15) is 9.90 Å². The van der Waals surface area contributed by atoms with Crippen LogP contribution in [-0.4, -0.2) is 22.8 Å². The van der Waals surface area contributed by atoms with E-state index in [2.05, 4.69) is 15.8 Å². The Morgan fingerprint density at radius 1 is 1.40 bits per heavy atom. The minimum Gasteiger partial charge on any atom is -0.463 e. The maximum atomic E-state index is 11.7. The molecule has 2 aromatic rings. The van der Waals surface area contributed by atoms with E-state index in [1.807, 2.05) is 0 Å². The topological polar surface area (TPSA) is 101 Å². The molecule has 1 unspecified atom stereocenters. The fraction of sp³-hybridized carbons (Fsp3) is 0.385. The molecule has 2 heterocycles. The second-order valence-electron chi connectivity index (χ2n) is 4.81. The molecule has 2 rings (SSSR count). The number of furan rings is 1. The van der Waals surface area contributed by atoms with Gasteiger partial charge in [-0.1, -0.05) is 5.16 Å². The molecule has 0 fully saturated rings. The predicted octanol–water partition coefficient (Wildman–Crippen LogP) is 1.91. The summed E-state index contributed by atoms with van der Waals surface area (Å²) in [4.78, 5) is 11.7. The highest BCUT2D eigenvalue weighted by atomic mass is 16.5. The fourth-order valence-electron chi connectivity index (χ4n) is 1.65. The van der Waals surface area contributed by atoms with Crippen LogP contribution in [0.1, 0.15) is 24.2 Å². The smallest absolute Gasteiger partial charge is 0.320 e. The van der Waals surface area contributed by atoms with Crippen molar-refractivity contribution in [1.82, 2.24) is 10.5 Å². The predicted molar refractivity (Wildman–Crippen MR) is 71.3 cm³/mol. The summed E-state index contributed by atoms with van der Waals surface area (Å²) in [6, 6.07) is 4.54. The Bertz CT molecular complexity index is 600. The Morgan fingerprint density at radius 3 is 2.70 bits per heavy atom. The summed E-state index contributed by atoms with van der Waals surface area (Å²) in [7, 11) is 0. The van der Waals surface area contributed by atoms with Crippen molar-refractivity contribution < 1.29 is 18.8 Å². The van der Waals surface area contributed by atoms with Gasteiger partial charge in [0.2, 0.25) is 0 Å². The summed E-state index contributed by atoms with van der Waals surface area (Å²) in [5.41, 5.74) is -1.29. The number of urea groups is 1. The molecular formula is C13H17N3O4. The molecule has 0 aromatic carbocycles. The van der Waals surface area contributed by atoms with Crippen LogP contribution in [0.3, 0.4) is 0 Å². The van der Waals surface area contributed by atoms with E-state index in [0.29, 0.717) is 23.1 Å². The number of carbonyl (C=O) groups excluding carboxylic acids is 1. The second-order valence-corrected chi connectivity index (χ2v) is 4.81. The number of rotatable bonds is 4. The summed E-state index contributed by atoms with van der Waals surface area (Å²) >= 11 is 0. The van der Waals surface area contributed by atoms with Gasteiger partial charge >= 0.3 is 6.03 Å². The lowest BCUT2D eigenvalue weighted by Gasteiger charge is -2.21. The quantitative estimate of drug-likeness (QED) is 0.793. The van der Waals surface area contributed by atoms with Crippen molar-refractivity contribution in [3.05, 3.63) is 35.5 Å². The van der Waals surface area contributed by atoms with Crippen molar-refractivity contribution in [3.63, 3.8) is 0 Å². The molecule has 2 aromatic heterocycles. The Kier molecular flexibility index (Phi) is 3.80. The molecule has 7 heteroatoms. The van der Waals surface area contributed by atoms with Crippen LogP contribution < -0.4 is 10.6 Å². The van der Waals surface area contributed by atoms with Crippen LogP contribution >= 0.6 is 0 Å². The van der Waals surface area contributed by atoms with Gasteiger partial charge in [-0.05, 0) is 32.9 Å². The van der Waals surface area contributed by atoms with Gasteiger partial charge < -0.3 is 19.4 Å². The van der Waals surface area contributed by atoms with Gasteiger partial charge in [-0.25, -0.2) is 4.79 Å². The van der Waals surface area contributed by atoms with Crippen molar-refractivity contribution in [2.75, 3.05) is 11.9 Å². The summed E-state index contributed by atoms with van der Waals surface area (Å²) in [6.45, 7) is 5.07. The molecule has 0 bridgehead atoms. The number of hydrogen-bond donors (Lipinski definition) is 3. The van der Waals surface area contributed by atoms with Gasteiger partial charge in [-0.15, -0.1) is 0 Å².